The Hall–Kier alpha value is -3.27. The number of nitro groups is 1. The second-order valence-corrected chi connectivity index (χ2v) is 6.27. The first kappa shape index (κ1) is 17.5. The Balaban J connectivity index is 1.76. The maximum atomic E-state index is 12.2. The van der Waals surface area contributed by atoms with E-state index in [4.69, 9.17) is 4.74 Å². The summed E-state index contributed by atoms with van der Waals surface area (Å²) >= 11 is 1.27. The molecule has 9 nitrogen and oxygen atoms in total. The molecule has 3 rings (SSSR count). The predicted molar refractivity (Wildman–Crippen MR) is 96.8 cm³/mol. The monoisotopic (exact) mass is 374 g/mol. The second-order valence-electron chi connectivity index (χ2n) is 5.24. The van der Waals surface area contributed by atoms with Crippen LogP contribution >= 0.6 is 11.3 Å². The Labute approximate surface area is 151 Å². The summed E-state index contributed by atoms with van der Waals surface area (Å²) in [5.41, 5.74) is -0.0569. The molecule has 134 valence electrons. The van der Waals surface area contributed by atoms with Gasteiger partial charge >= 0.3 is 0 Å². The van der Waals surface area contributed by atoms with E-state index in [2.05, 4.69) is 10.3 Å². The first-order chi connectivity index (χ1) is 12.5. The molecule has 1 amide bonds. The normalized spacial score (nSPS) is 10.7. The number of carbonyl (C=O) groups excluding carboxylic acids is 1. The van der Waals surface area contributed by atoms with E-state index in [-0.39, 0.29) is 12.2 Å². The van der Waals surface area contributed by atoms with Gasteiger partial charge in [-0.15, -0.1) is 0 Å². The number of nitrogens with zero attached hydrogens (tertiary/aromatic N) is 3. The molecule has 2 aromatic heterocycles. The first-order valence-corrected chi connectivity index (χ1v) is 8.46. The minimum Gasteiger partial charge on any atom is -0.494 e. The number of ether oxygens (including phenoxy) is 1. The third-order valence-corrected chi connectivity index (χ3v) is 4.34. The van der Waals surface area contributed by atoms with E-state index in [1.165, 1.54) is 11.3 Å². The summed E-state index contributed by atoms with van der Waals surface area (Å²) in [4.78, 5) is 38.4. The van der Waals surface area contributed by atoms with Gasteiger partial charge in [-0.1, -0.05) is 11.3 Å². The molecular formula is C16H14N4O5S. The minimum absolute atomic E-state index is 0.263. The van der Waals surface area contributed by atoms with Crippen LogP contribution in [0.5, 0.6) is 5.75 Å². The van der Waals surface area contributed by atoms with Gasteiger partial charge in [-0.3, -0.25) is 24.3 Å². The molecule has 0 unspecified atom stereocenters. The molecule has 0 radical (unpaired) electrons. The molecule has 0 saturated carbocycles. The Bertz CT molecular complexity index is 1040. The first-order valence-electron chi connectivity index (χ1n) is 7.64. The van der Waals surface area contributed by atoms with Crippen LogP contribution < -0.4 is 15.6 Å². The highest BCUT2D eigenvalue weighted by atomic mass is 32.1. The Morgan fingerprint density at radius 3 is 2.92 bits per heavy atom. The SMILES string of the molecule is CCOc1ccc2nc(NC(=O)Cn3cc([N+](=O)[O-])ccc3=O)sc2c1. The predicted octanol–water partition coefficient (Wildman–Crippen LogP) is 2.40. The van der Waals surface area contributed by atoms with Crippen molar-refractivity contribution in [3.8, 4) is 5.75 Å². The van der Waals surface area contributed by atoms with Crippen molar-refractivity contribution >= 4 is 38.3 Å². The number of anilines is 1. The number of fused-ring (bicyclic) bond motifs is 1. The molecule has 2 heterocycles. The summed E-state index contributed by atoms with van der Waals surface area (Å²) in [5, 5.41) is 13.8. The van der Waals surface area contributed by atoms with Gasteiger partial charge in [0.25, 0.3) is 11.2 Å². The largest absolute Gasteiger partial charge is 0.494 e. The highest BCUT2D eigenvalue weighted by molar-refractivity contribution is 7.22. The standard InChI is InChI=1S/C16H14N4O5S/c1-2-25-11-4-5-12-13(7-11)26-16(17-12)18-14(21)9-19-8-10(20(23)24)3-6-15(19)22/h3-8H,2,9H2,1H3,(H,17,18,21). The van der Waals surface area contributed by atoms with Gasteiger partial charge < -0.3 is 10.1 Å². The van der Waals surface area contributed by atoms with Crippen LogP contribution in [-0.4, -0.2) is 27.0 Å². The van der Waals surface area contributed by atoms with Crippen LogP contribution in [0.25, 0.3) is 10.2 Å². The highest BCUT2D eigenvalue weighted by Crippen LogP contribution is 2.29. The zero-order valence-corrected chi connectivity index (χ0v) is 14.5. The molecule has 1 aromatic carbocycles. The van der Waals surface area contributed by atoms with Crippen LogP contribution in [0.2, 0.25) is 0 Å². The molecule has 26 heavy (non-hydrogen) atoms. The van der Waals surface area contributed by atoms with Gasteiger partial charge in [0.2, 0.25) is 5.91 Å². The number of rotatable bonds is 6. The Kier molecular flexibility index (Phi) is 4.94. The van der Waals surface area contributed by atoms with Crippen LogP contribution in [0, 0.1) is 10.1 Å². The van der Waals surface area contributed by atoms with Crippen molar-refractivity contribution < 1.29 is 14.5 Å². The number of benzene rings is 1. The summed E-state index contributed by atoms with van der Waals surface area (Å²) < 4.78 is 7.25. The molecule has 0 aliphatic heterocycles. The molecule has 0 saturated heterocycles. The Morgan fingerprint density at radius 1 is 1.38 bits per heavy atom. The van der Waals surface area contributed by atoms with Crippen molar-refractivity contribution in [3.63, 3.8) is 0 Å². The van der Waals surface area contributed by atoms with Crippen molar-refractivity contribution in [2.75, 3.05) is 11.9 Å². The van der Waals surface area contributed by atoms with Gasteiger partial charge in [-0.05, 0) is 25.1 Å². The average molecular weight is 374 g/mol. The van der Waals surface area contributed by atoms with E-state index in [1.54, 1.807) is 12.1 Å². The van der Waals surface area contributed by atoms with Gasteiger partial charge in [-0.25, -0.2) is 4.98 Å². The van der Waals surface area contributed by atoms with Crippen molar-refractivity contribution in [1.29, 1.82) is 0 Å². The van der Waals surface area contributed by atoms with E-state index < -0.39 is 16.4 Å². The molecule has 3 aromatic rings. The Morgan fingerprint density at radius 2 is 2.19 bits per heavy atom. The van der Waals surface area contributed by atoms with E-state index in [0.29, 0.717) is 23.0 Å². The number of pyridine rings is 1. The van der Waals surface area contributed by atoms with Gasteiger partial charge in [0.05, 0.1) is 27.9 Å². The highest BCUT2D eigenvalue weighted by Gasteiger charge is 2.13. The van der Waals surface area contributed by atoms with Crippen molar-refractivity contribution in [1.82, 2.24) is 9.55 Å². The average Bonchev–Trinajstić information content (AvgIpc) is 2.98. The molecule has 0 fully saturated rings. The molecule has 1 N–H and O–H groups in total. The van der Waals surface area contributed by atoms with Crippen molar-refractivity contribution in [2.24, 2.45) is 0 Å². The number of amides is 1. The fourth-order valence-electron chi connectivity index (χ4n) is 2.28. The topological polar surface area (TPSA) is 116 Å². The van der Waals surface area contributed by atoms with Gasteiger partial charge in [-0.2, -0.15) is 0 Å². The zero-order chi connectivity index (χ0) is 18.7. The number of nitrogens with one attached hydrogen (secondary N) is 1. The third-order valence-electron chi connectivity index (χ3n) is 3.41. The molecule has 0 atom stereocenters. The molecule has 0 bridgehead atoms. The van der Waals surface area contributed by atoms with E-state index in [1.807, 2.05) is 13.0 Å². The van der Waals surface area contributed by atoms with Crippen molar-refractivity contribution in [3.05, 3.63) is 57.0 Å². The maximum Gasteiger partial charge on any atom is 0.285 e. The maximum absolute atomic E-state index is 12.2. The fourth-order valence-corrected chi connectivity index (χ4v) is 3.19. The molecular weight excluding hydrogens is 360 g/mol. The summed E-state index contributed by atoms with van der Waals surface area (Å²) in [7, 11) is 0. The van der Waals surface area contributed by atoms with E-state index in [9.17, 15) is 19.7 Å². The van der Waals surface area contributed by atoms with Crippen LogP contribution in [0.3, 0.4) is 0 Å². The second kappa shape index (κ2) is 7.31. The zero-order valence-electron chi connectivity index (χ0n) is 13.7. The smallest absolute Gasteiger partial charge is 0.285 e. The minimum atomic E-state index is -0.628. The summed E-state index contributed by atoms with van der Waals surface area (Å²) in [6, 6.07) is 7.56. The molecule has 10 heteroatoms. The van der Waals surface area contributed by atoms with E-state index in [0.717, 1.165) is 27.6 Å². The van der Waals surface area contributed by atoms with Crippen molar-refractivity contribution in [2.45, 2.75) is 13.5 Å². The summed E-state index contributed by atoms with van der Waals surface area (Å²) in [5.74, 6) is 0.210. The molecule has 0 aliphatic carbocycles. The van der Waals surface area contributed by atoms with Crippen LogP contribution in [0.15, 0.2) is 41.3 Å². The number of hydrogen-bond donors (Lipinski definition) is 1. The van der Waals surface area contributed by atoms with Gasteiger partial charge in [0.1, 0.15) is 12.3 Å². The molecule has 0 spiro atoms. The quantitative estimate of drug-likeness (QED) is 0.523. The van der Waals surface area contributed by atoms with Crippen LogP contribution in [0.4, 0.5) is 10.8 Å². The number of carbonyl (C=O) groups is 1. The lowest BCUT2D eigenvalue weighted by Crippen LogP contribution is -2.26. The van der Waals surface area contributed by atoms with Gasteiger partial charge in [0.15, 0.2) is 5.13 Å². The fraction of sp³-hybridized carbons (Fsp3) is 0.188. The third kappa shape index (κ3) is 3.86. The van der Waals surface area contributed by atoms with Crippen LogP contribution in [-0.2, 0) is 11.3 Å². The summed E-state index contributed by atoms with van der Waals surface area (Å²) in [6.07, 6.45) is 1.04. The lowest BCUT2D eigenvalue weighted by molar-refractivity contribution is -0.385. The number of aromatic nitrogens is 2. The summed E-state index contributed by atoms with van der Waals surface area (Å²) in [6.45, 7) is 2.09. The van der Waals surface area contributed by atoms with E-state index >= 15 is 0 Å². The van der Waals surface area contributed by atoms with Gasteiger partial charge in [0, 0.05) is 12.1 Å². The number of hydrogen-bond acceptors (Lipinski definition) is 7. The lowest BCUT2D eigenvalue weighted by atomic mass is 10.3. The molecule has 0 aliphatic rings. The lowest BCUT2D eigenvalue weighted by Gasteiger charge is -2.04. The number of thiazole rings is 1. The van der Waals surface area contributed by atoms with Crippen LogP contribution in [0.1, 0.15) is 6.92 Å².